The zero-order valence-electron chi connectivity index (χ0n) is 16.4. The summed E-state index contributed by atoms with van der Waals surface area (Å²) < 4.78 is 0. The second-order valence-electron chi connectivity index (χ2n) is 6.76. The van der Waals surface area contributed by atoms with Crippen LogP contribution in [0.1, 0.15) is 15.9 Å². The predicted molar refractivity (Wildman–Crippen MR) is 122 cm³/mol. The molecule has 30 heavy (non-hydrogen) atoms. The highest BCUT2D eigenvalue weighted by Gasteiger charge is 2.13. The van der Waals surface area contributed by atoms with Crippen LogP contribution in [0.4, 0.5) is 11.4 Å². The monoisotopic (exact) mass is 441 g/mol. The van der Waals surface area contributed by atoms with Crippen LogP contribution in [-0.4, -0.2) is 30.3 Å². The van der Waals surface area contributed by atoms with Crippen molar-refractivity contribution in [1.29, 1.82) is 0 Å². The molecule has 0 saturated heterocycles. The Morgan fingerprint density at radius 1 is 0.867 bits per heavy atom. The van der Waals surface area contributed by atoms with Gasteiger partial charge in [-0.1, -0.05) is 59.6 Å². The van der Waals surface area contributed by atoms with Crippen LogP contribution in [0.5, 0.6) is 0 Å². The highest BCUT2D eigenvalue weighted by atomic mass is 35.5. The minimum atomic E-state index is -0.244. The fraction of sp³-hybridized carbons (Fsp3) is 0.130. The highest BCUT2D eigenvalue weighted by molar-refractivity contribution is 6.42. The fourth-order valence-electron chi connectivity index (χ4n) is 2.87. The van der Waals surface area contributed by atoms with E-state index in [4.69, 9.17) is 23.2 Å². The summed E-state index contributed by atoms with van der Waals surface area (Å²) in [5.41, 5.74) is 2.84. The third kappa shape index (κ3) is 5.99. The molecule has 0 aliphatic heterocycles. The van der Waals surface area contributed by atoms with E-state index in [-0.39, 0.29) is 18.4 Å². The van der Waals surface area contributed by atoms with Crippen LogP contribution in [0.15, 0.2) is 72.8 Å². The molecule has 7 heteroatoms. The summed E-state index contributed by atoms with van der Waals surface area (Å²) in [4.78, 5) is 26.6. The summed E-state index contributed by atoms with van der Waals surface area (Å²) in [6, 6.07) is 21.7. The van der Waals surface area contributed by atoms with Gasteiger partial charge in [0.1, 0.15) is 0 Å². The fourth-order valence-corrected chi connectivity index (χ4v) is 3.17. The molecule has 0 radical (unpaired) electrons. The molecule has 0 fully saturated rings. The van der Waals surface area contributed by atoms with Gasteiger partial charge in [-0.15, -0.1) is 0 Å². The maximum atomic E-state index is 12.7. The Bertz CT molecular complexity index is 1040. The largest absolute Gasteiger partial charge is 0.376 e. The van der Waals surface area contributed by atoms with Crippen LogP contribution < -0.4 is 10.6 Å². The van der Waals surface area contributed by atoms with Crippen molar-refractivity contribution in [2.75, 3.05) is 24.2 Å². The van der Waals surface area contributed by atoms with E-state index in [9.17, 15) is 9.59 Å². The lowest BCUT2D eigenvalue weighted by molar-refractivity contribution is -0.114. The van der Waals surface area contributed by atoms with Gasteiger partial charge < -0.3 is 15.5 Å². The van der Waals surface area contributed by atoms with Gasteiger partial charge in [0.2, 0.25) is 5.91 Å². The first kappa shape index (κ1) is 21.7. The van der Waals surface area contributed by atoms with Gasteiger partial charge in [0.25, 0.3) is 5.91 Å². The van der Waals surface area contributed by atoms with E-state index >= 15 is 0 Å². The number of nitrogens with one attached hydrogen (secondary N) is 2. The van der Waals surface area contributed by atoms with Gasteiger partial charge in [0, 0.05) is 30.5 Å². The topological polar surface area (TPSA) is 61.4 Å². The zero-order valence-corrected chi connectivity index (χ0v) is 17.9. The molecule has 0 aliphatic carbocycles. The van der Waals surface area contributed by atoms with Gasteiger partial charge in [-0.2, -0.15) is 0 Å². The van der Waals surface area contributed by atoms with Crippen LogP contribution >= 0.6 is 23.2 Å². The molecule has 3 rings (SSSR count). The van der Waals surface area contributed by atoms with Gasteiger partial charge in [-0.25, -0.2) is 0 Å². The molecule has 0 heterocycles. The Morgan fingerprint density at radius 2 is 1.63 bits per heavy atom. The minimum Gasteiger partial charge on any atom is -0.376 e. The summed E-state index contributed by atoms with van der Waals surface area (Å²) in [5, 5.41) is 6.57. The normalized spacial score (nSPS) is 10.4. The lowest BCUT2D eigenvalue weighted by atomic mass is 10.1. The maximum Gasteiger partial charge on any atom is 0.253 e. The van der Waals surface area contributed by atoms with Gasteiger partial charge in [-0.05, 0) is 42.0 Å². The van der Waals surface area contributed by atoms with Crippen LogP contribution in [-0.2, 0) is 11.3 Å². The van der Waals surface area contributed by atoms with E-state index < -0.39 is 0 Å². The number of hydrogen-bond acceptors (Lipinski definition) is 3. The smallest absolute Gasteiger partial charge is 0.253 e. The van der Waals surface area contributed by atoms with E-state index in [0.29, 0.717) is 33.5 Å². The number of carbonyl (C=O) groups excluding carboxylic acids is 2. The molecular weight excluding hydrogens is 421 g/mol. The first-order valence-corrected chi connectivity index (χ1v) is 10.1. The van der Waals surface area contributed by atoms with Crippen molar-refractivity contribution in [3.05, 3.63) is 94.0 Å². The third-order valence-electron chi connectivity index (χ3n) is 4.38. The summed E-state index contributed by atoms with van der Waals surface area (Å²) in [6.07, 6.45) is 0. The Kier molecular flexibility index (Phi) is 7.33. The molecule has 3 aromatic rings. The second kappa shape index (κ2) is 10.1. The average molecular weight is 442 g/mol. The molecule has 2 amide bonds. The second-order valence-corrected chi connectivity index (χ2v) is 7.57. The van der Waals surface area contributed by atoms with Crippen molar-refractivity contribution in [1.82, 2.24) is 4.90 Å². The van der Waals surface area contributed by atoms with E-state index in [2.05, 4.69) is 10.6 Å². The zero-order chi connectivity index (χ0) is 21.5. The molecule has 0 atom stereocenters. The molecule has 2 N–H and O–H groups in total. The number of carbonyl (C=O) groups is 2. The number of hydrogen-bond donors (Lipinski definition) is 2. The number of amides is 2. The summed E-state index contributed by atoms with van der Waals surface area (Å²) in [5.74, 6) is -0.339. The Balaban J connectivity index is 1.57. The van der Waals surface area contributed by atoms with E-state index in [1.165, 1.54) is 0 Å². The average Bonchev–Trinajstić information content (AvgIpc) is 2.75. The Hall–Kier alpha value is -3.02. The summed E-state index contributed by atoms with van der Waals surface area (Å²) in [7, 11) is 1.76. The first-order valence-electron chi connectivity index (χ1n) is 9.30. The molecule has 0 spiro atoms. The standard InChI is InChI=1S/C23H21Cl2N3O2/c1-28(15-16-6-3-2-4-7-16)23(30)17-8-5-9-18(12-17)26-14-22(29)27-19-10-11-20(24)21(25)13-19/h2-13,26H,14-15H2,1H3,(H,27,29). The first-order chi connectivity index (χ1) is 14.4. The van der Waals surface area contributed by atoms with Gasteiger partial charge in [-0.3, -0.25) is 9.59 Å². The van der Waals surface area contributed by atoms with Gasteiger partial charge >= 0.3 is 0 Å². The predicted octanol–water partition coefficient (Wildman–Crippen LogP) is 5.32. The molecule has 154 valence electrons. The Labute approximate surface area is 185 Å². The molecule has 3 aromatic carbocycles. The van der Waals surface area contributed by atoms with Crippen molar-refractivity contribution in [2.45, 2.75) is 6.54 Å². The molecule has 0 aromatic heterocycles. The molecule has 5 nitrogen and oxygen atoms in total. The number of rotatable bonds is 7. The van der Waals surface area contributed by atoms with Crippen LogP contribution in [0.3, 0.4) is 0 Å². The molecular formula is C23H21Cl2N3O2. The molecule has 0 aliphatic rings. The van der Waals surface area contributed by atoms with Gasteiger partial charge in [0.05, 0.1) is 16.6 Å². The summed E-state index contributed by atoms with van der Waals surface area (Å²) >= 11 is 11.8. The quantitative estimate of drug-likeness (QED) is 0.521. The lowest BCUT2D eigenvalue weighted by Crippen LogP contribution is -2.26. The highest BCUT2D eigenvalue weighted by Crippen LogP contribution is 2.25. The van der Waals surface area contributed by atoms with E-state index in [0.717, 1.165) is 5.56 Å². The van der Waals surface area contributed by atoms with E-state index in [1.54, 1.807) is 54.4 Å². The lowest BCUT2D eigenvalue weighted by Gasteiger charge is -2.18. The van der Waals surface area contributed by atoms with Crippen LogP contribution in [0.25, 0.3) is 0 Å². The number of nitrogens with zero attached hydrogens (tertiary/aromatic N) is 1. The number of halogens is 2. The number of benzene rings is 3. The van der Waals surface area contributed by atoms with Crippen molar-refractivity contribution >= 4 is 46.4 Å². The van der Waals surface area contributed by atoms with E-state index in [1.807, 2.05) is 30.3 Å². The minimum absolute atomic E-state index is 0.0394. The SMILES string of the molecule is CN(Cc1ccccc1)C(=O)c1cccc(NCC(=O)Nc2ccc(Cl)c(Cl)c2)c1. The van der Waals surface area contributed by atoms with Crippen molar-refractivity contribution in [2.24, 2.45) is 0 Å². The van der Waals surface area contributed by atoms with Crippen molar-refractivity contribution in [3.63, 3.8) is 0 Å². The summed E-state index contributed by atoms with van der Waals surface area (Å²) in [6.45, 7) is 0.557. The molecule has 0 unspecified atom stereocenters. The number of anilines is 2. The van der Waals surface area contributed by atoms with Crippen molar-refractivity contribution < 1.29 is 9.59 Å². The van der Waals surface area contributed by atoms with Gasteiger partial charge in [0.15, 0.2) is 0 Å². The molecule has 0 saturated carbocycles. The van der Waals surface area contributed by atoms with Crippen LogP contribution in [0.2, 0.25) is 10.0 Å². The Morgan fingerprint density at radius 3 is 2.37 bits per heavy atom. The van der Waals surface area contributed by atoms with Crippen LogP contribution in [0, 0.1) is 0 Å². The van der Waals surface area contributed by atoms with Crippen molar-refractivity contribution in [3.8, 4) is 0 Å². The third-order valence-corrected chi connectivity index (χ3v) is 5.11. The molecule has 0 bridgehead atoms. The maximum absolute atomic E-state index is 12.7.